The molecule has 1 aliphatic carbocycles. The van der Waals surface area contributed by atoms with Crippen LogP contribution < -0.4 is 5.32 Å². The average molecular weight is 496 g/mol. The van der Waals surface area contributed by atoms with Crippen LogP contribution in [0.2, 0.25) is 0 Å². The number of carbonyl (C=O) groups is 3. The van der Waals surface area contributed by atoms with Gasteiger partial charge in [0, 0.05) is 17.9 Å². The van der Waals surface area contributed by atoms with Gasteiger partial charge in [0.15, 0.2) is 5.78 Å². The lowest BCUT2D eigenvalue weighted by atomic mass is 9.59. The van der Waals surface area contributed by atoms with Crippen molar-refractivity contribution in [1.82, 2.24) is 5.32 Å². The maximum absolute atomic E-state index is 13.8. The minimum atomic E-state index is -1.81. The van der Waals surface area contributed by atoms with Crippen LogP contribution in [0.4, 0.5) is 4.79 Å². The molecule has 8 heteroatoms. The van der Waals surface area contributed by atoms with Crippen molar-refractivity contribution in [1.29, 1.82) is 0 Å². The van der Waals surface area contributed by atoms with Gasteiger partial charge in [-0.1, -0.05) is 56.3 Å². The van der Waals surface area contributed by atoms with Crippen LogP contribution >= 0.6 is 0 Å². The molecule has 1 aromatic carbocycles. The molecule has 1 amide bonds. The lowest BCUT2D eigenvalue weighted by molar-refractivity contribution is -0.153. The van der Waals surface area contributed by atoms with Crippen molar-refractivity contribution in [2.24, 2.45) is 23.7 Å². The van der Waals surface area contributed by atoms with E-state index in [4.69, 9.17) is 14.2 Å². The summed E-state index contributed by atoms with van der Waals surface area (Å²) in [5, 5.41) is 13.7. The van der Waals surface area contributed by atoms with Crippen molar-refractivity contribution >= 4 is 17.8 Å². The maximum atomic E-state index is 13.8. The molecule has 1 spiro atoms. The fourth-order valence-corrected chi connectivity index (χ4v) is 6.51. The van der Waals surface area contributed by atoms with Gasteiger partial charge in [0.1, 0.15) is 5.60 Å². The number of carbonyl (C=O) groups excluding carboxylic acids is 3. The minimum absolute atomic E-state index is 0.0972. The number of ether oxygens (including phenoxy) is 3. The number of allylic oxidation sites excluding steroid dienone is 1. The van der Waals surface area contributed by atoms with Gasteiger partial charge in [0.25, 0.3) is 5.91 Å². The Labute approximate surface area is 210 Å². The molecule has 2 N–H and O–H groups in total. The van der Waals surface area contributed by atoms with Crippen molar-refractivity contribution < 1.29 is 33.7 Å². The van der Waals surface area contributed by atoms with Gasteiger partial charge >= 0.3 is 6.16 Å². The molecular weight excluding hydrogens is 462 g/mol. The topological polar surface area (TPSA) is 114 Å². The summed E-state index contributed by atoms with van der Waals surface area (Å²) >= 11 is 0. The van der Waals surface area contributed by atoms with E-state index in [0.29, 0.717) is 12.8 Å². The number of hydrogen-bond donors (Lipinski definition) is 2. The fourth-order valence-electron chi connectivity index (χ4n) is 6.51. The van der Waals surface area contributed by atoms with E-state index in [0.717, 1.165) is 17.9 Å². The van der Waals surface area contributed by atoms with Crippen LogP contribution in [0, 0.1) is 23.7 Å². The molecule has 3 fully saturated rings. The van der Waals surface area contributed by atoms with Gasteiger partial charge in [-0.25, -0.2) is 4.79 Å². The Morgan fingerprint density at radius 2 is 1.83 bits per heavy atom. The van der Waals surface area contributed by atoms with Crippen molar-refractivity contribution in [2.75, 3.05) is 0 Å². The number of cyclic esters (lactones) is 1. The van der Waals surface area contributed by atoms with Gasteiger partial charge in [0.2, 0.25) is 5.60 Å². The predicted molar refractivity (Wildman–Crippen MR) is 129 cm³/mol. The van der Waals surface area contributed by atoms with Gasteiger partial charge in [-0.2, -0.15) is 0 Å². The molecule has 3 aliphatic heterocycles. The quantitative estimate of drug-likeness (QED) is 0.368. The third-order valence-corrected chi connectivity index (χ3v) is 8.64. The first-order valence-electron chi connectivity index (χ1n) is 12.5. The Bertz CT molecular complexity index is 1130. The molecule has 1 aromatic rings. The van der Waals surface area contributed by atoms with Crippen molar-refractivity contribution in [2.45, 2.75) is 69.5 Å². The van der Waals surface area contributed by atoms with E-state index < -0.39 is 40.6 Å². The number of amides is 1. The SMILES string of the molecule is C[C@H]1CC=C[C@H]2[C@@H]3O[C@]3(C)[C@@H](C)[C@H]3[C@H](Cc4ccccc4)NC(=O)[C@]32OC(=O)O/C=C/[C@@](C)(O)C1=O. The second kappa shape index (κ2) is 8.56. The van der Waals surface area contributed by atoms with Crippen molar-refractivity contribution in [3.8, 4) is 0 Å². The number of ketones is 1. The molecule has 4 aliphatic rings. The van der Waals surface area contributed by atoms with E-state index >= 15 is 0 Å². The summed E-state index contributed by atoms with van der Waals surface area (Å²) in [6.07, 6.45) is 5.28. The maximum Gasteiger partial charge on any atom is 0.514 e. The van der Waals surface area contributed by atoms with Crippen LogP contribution in [0.5, 0.6) is 0 Å². The highest BCUT2D eigenvalue weighted by Gasteiger charge is 2.78. The Morgan fingerprint density at radius 1 is 1.11 bits per heavy atom. The third-order valence-electron chi connectivity index (χ3n) is 8.64. The molecule has 8 nitrogen and oxygen atoms in total. The van der Waals surface area contributed by atoms with E-state index in [1.54, 1.807) is 6.92 Å². The normalized spacial score (nSPS) is 44.9. The summed E-state index contributed by atoms with van der Waals surface area (Å²) in [6.45, 7) is 7.15. The molecule has 0 radical (unpaired) electrons. The zero-order valence-electron chi connectivity index (χ0n) is 21.0. The van der Waals surface area contributed by atoms with Crippen LogP contribution in [0.15, 0.2) is 54.8 Å². The highest BCUT2D eigenvalue weighted by atomic mass is 16.7. The molecule has 0 bridgehead atoms. The summed E-state index contributed by atoms with van der Waals surface area (Å²) in [6, 6.07) is 9.58. The molecule has 36 heavy (non-hydrogen) atoms. The van der Waals surface area contributed by atoms with Gasteiger partial charge in [-0.05, 0) is 44.2 Å². The number of nitrogens with one attached hydrogen (secondary N) is 1. The number of epoxide rings is 1. The molecule has 0 unspecified atom stereocenters. The highest BCUT2D eigenvalue weighted by Crippen LogP contribution is 2.63. The molecule has 5 rings (SSSR count). The second-order valence-electron chi connectivity index (χ2n) is 11.0. The summed E-state index contributed by atoms with van der Waals surface area (Å²) in [5.74, 6) is -2.32. The number of fused-ring (bicyclic) bond motifs is 2. The van der Waals surface area contributed by atoms with Crippen molar-refractivity contribution in [3.05, 3.63) is 60.4 Å². The van der Waals surface area contributed by atoms with Gasteiger partial charge < -0.3 is 24.6 Å². The summed E-state index contributed by atoms with van der Waals surface area (Å²) in [4.78, 5) is 39.5. The monoisotopic (exact) mass is 495 g/mol. The standard InChI is InChI=1S/C28H33NO7/c1-16-9-8-12-19-23-27(4,35-23)17(2)21-20(15-18-10-6-5-7-11-18)29-24(31)28(19,21)36-25(32)34-14-13-26(3,33)22(16)30/h5-8,10-14,16-17,19-21,23,33H,9,15H2,1-4H3,(H,29,31)/b12-8?,14-13+/t16-,17-,19-,20-,21-,23-,26+,27+,28+/m0/s1. The Hall–Kier alpha value is -2.97. The average Bonchev–Trinajstić information content (AvgIpc) is 3.45. The summed E-state index contributed by atoms with van der Waals surface area (Å²) in [5.41, 5.74) is -2.76. The number of benzene rings is 1. The Kier molecular flexibility index (Phi) is 5.87. The number of rotatable bonds is 2. The third kappa shape index (κ3) is 3.78. The largest absolute Gasteiger partial charge is 0.514 e. The number of aliphatic hydroxyl groups is 1. The molecule has 9 atom stereocenters. The van der Waals surface area contributed by atoms with Crippen molar-refractivity contribution in [3.63, 3.8) is 0 Å². The second-order valence-corrected chi connectivity index (χ2v) is 11.0. The van der Waals surface area contributed by atoms with E-state index in [2.05, 4.69) is 5.32 Å². The molecule has 3 heterocycles. The summed E-state index contributed by atoms with van der Waals surface area (Å²) < 4.78 is 17.3. The zero-order chi connectivity index (χ0) is 25.9. The van der Waals surface area contributed by atoms with Gasteiger partial charge in [-0.3, -0.25) is 9.59 Å². The lowest BCUT2D eigenvalue weighted by Gasteiger charge is -2.45. The van der Waals surface area contributed by atoms with Crippen LogP contribution in [0.1, 0.15) is 39.7 Å². The van der Waals surface area contributed by atoms with Crippen LogP contribution in [-0.4, -0.2) is 51.9 Å². The lowest BCUT2D eigenvalue weighted by Crippen LogP contribution is -2.61. The molecule has 2 saturated heterocycles. The van der Waals surface area contributed by atoms with Crippen LogP contribution in [-0.2, 0) is 30.2 Å². The van der Waals surface area contributed by atoms with Crippen LogP contribution in [0.3, 0.4) is 0 Å². The minimum Gasteiger partial charge on any atom is -0.416 e. The first kappa shape index (κ1) is 24.7. The van der Waals surface area contributed by atoms with Gasteiger partial charge in [-0.15, -0.1) is 0 Å². The molecule has 192 valence electrons. The predicted octanol–water partition coefficient (Wildman–Crippen LogP) is 3.09. The smallest absolute Gasteiger partial charge is 0.416 e. The first-order chi connectivity index (χ1) is 17.0. The summed E-state index contributed by atoms with van der Waals surface area (Å²) in [7, 11) is 0. The fraction of sp³-hybridized carbons (Fsp3) is 0.536. The van der Waals surface area contributed by atoms with E-state index in [1.165, 1.54) is 6.92 Å². The van der Waals surface area contributed by atoms with E-state index in [9.17, 15) is 19.5 Å². The Morgan fingerprint density at radius 3 is 2.56 bits per heavy atom. The number of Topliss-reactive ketones (excluding diaryl/α,β-unsaturated/α-hetero) is 1. The molecular formula is C28H33NO7. The van der Waals surface area contributed by atoms with Gasteiger partial charge in [0.05, 0.1) is 23.9 Å². The molecule has 1 saturated carbocycles. The molecule has 0 aromatic heterocycles. The highest BCUT2D eigenvalue weighted by molar-refractivity contribution is 5.92. The van der Waals surface area contributed by atoms with Crippen LogP contribution in [0.25, 0.3) is 0 Å². The first-order valence-corrected chi connectivity index (χ1v) is 12.5. The number of hydrogen-bond acceptors (Lipinski definition) is 7. The van der Waals surface area contributed by atoms with E-state index in [-0.39, 0.29) is 29.9 Å². The Balaban J connectivity index is 1.58. The zero-order valence-corrected chi connectivity index (χ0v) is 21.0. The van der Waals surface area contributed by atoms with E-state index in [1.807, 2.05) is 56.3 Å².